The molecular formula is C13H13ClN2O2. The van der Waals surface area contributed by atoms with Crippen LogP contribution < -0.4 is 5.32 Å². The normalized spacial score (nSPS) is 10.4. The highest BCUT2D eigenvalue weighted by Crippen LogP contribution is 2.15. The van der Waals surface area contributed by atoms with Crippen LogP contribution in [0.5, 0.6) is 0 Å². The van der Waals surface area contributed by atoms with Gasteiger partial charge in [-0.25, -0.2) is 0 Å². The maximum Gasteiger partial charge on any atom is 0.272 e. The molecule has 0 aliphatic carbocycles. The Morgan fingerprint density at radius 1 is 1.39 bits per heavy atom. The van der Waals surface area contributed by atoms with Gasteiger partial charge in [0.15, 0.2) is 0 Å². The average Bonchev–Trinajstić information content (AvgIpc) is 2.69. The molecule has 0 spiro atoms. The van der Waals surface area contributed by atoms with E-state index in [1.807, 2.05) is 0 Å². The van der Waals surface area contributed by atoms with Crippen molar-refractivity contribution in [2.45, 2.75) is 6.61 Å². The van der Waals surface area contributed by atoms with Crippen molar-refractivity contribution in [3.05, 3.63) is 52.8 Å². The van der Waals surface area contributed by atoms with Crippen LogP contribution >= 0.6 is 11.6 Å². The highest BCUT2D eigenvalue weighted by molar-refractivity contribution is 6.31. The highest BCUT2D eigenvalue weighted by Gasteiger charge is 2.11. The molecule has 1 heterocycles. The van der Waals surface area contributed by atoms with Gasteiger partial charge >= 0.3 is 0 Å². The van der Waals surface area contributed by atoms with E-state index in [9.17, 15) is 4.79 Å². The van der Waals surface area contributed by atoms with Crippen molar-refractivity contribution in [2.75, 3.05) is 5.32 Å². The summed E-state index contributed by atoms with van der Waals surface area (Å²) in [7, 11) is 1.76. The second kappa shape index (κ2) is 5.25. The van der Waals surface area contributed by atoms with Crippen molar-refractivity contribution in [1.82, 2.24) is 4.57 Å². The van der Waals surface area contributed by atoms with E-state index in [1.165, 1.54) is 0 Å². The minimum Gasteiger partial charge on any atom is -0.392 e. The van der Waals surface area contributed by atoms with Gasteiger partial charge in [-0.1, -0.05) is 23.7 Å². The number of amides is 1. The molecule has 0 bridgehead atoms. The molecule has 1 amide bonds. The van der Waals surface area contributed by atoms with Gasteiger partial charge in [-0.3, -0.25) is 4.79 Å². The predicted molar refractivity (Wildman–Crippen MR) is 70.7 cm³/mol. The topological polar surface area (TPSA) is 54.3 Å². The molecule has 0 aliphatic heterocycles. The fraction of sp³-hybridized carbons (Fsp3) is 0.154. The molecular weight excluding hydrogens is 252 g/mol. The first-order valence-electron chi connectivity index (χ1n) is 5.43. The van der Waals surface area contributed by atoms with E-state index >= 15 is 0 Å². The molecule has 18 heavy (non-hydrogen) atoms. The number of carbonyl (C=O) groups excluding carboxylic acids is 1. The second-order valence-electron chi connectivity index (χ2n) is 3.96. The lowest BCUT2D eigenvalue weighted by Crippen LogP contribution is -2.15. The van der Waals surface area contributed by atoms with Crippen molar-refractivity contribution in [3.8, 4) is 0 Å². The number of anilines is 1. The molecule has 94 valence electrons. The molecule has 2 rings (SSSR count). The van der Waals surface area contributed by atoms with E-state index in [0.717, 1.165) is 5.56 Å². The van der Waals surface area contributed by atoms with E-state index in [-0.39, 0.29) is 12.5 Å². The van der Waals surface area contributed by atoms with Gasteiger partial charge in [0.1, 0.15) is 5.69 Å². The van der Waals surface area contributed by atoms with Crippen LogP contribution in [0.2, 0.25) is 5.02 Å². The third-order valence-electron chi connectivity index (χ3n) is 2.60. The summed E-state index contributed by atoms with van der Waals surface area (Å²) in [6.45, 7) is -0.0123. The molecule has 0 radical (unpaired) electrons. The summed E-state index contributed by atoms with van der Waals surface area (Å²) in [5.74, 6) is -0.221. The number of hydrogen-bond donors (Lipinski definition) is 2. The maximum absolute atomic E-state index is 12.0. The molecule has 0 unspecified atom stereocenters. The van der Waals surface area contributed by atoms with E-state index in [4.69, 9.17) is 16.7 Å². The minimum atomic E-state index is -0.221. The summed E-state index contributed by atoms with van der Waals surface area (Å²) in [4.78, 5) is 12.0. The van der Waals surface area contributed by atoms with Crippen LogP contribution in [0.25, 0.3) is 0 Å². The van der Waals surface area contributed by atoms with Gasteiger partial charge in [-0.05, 0) is 23.8 Å². The fourth-order valence-electron chi connectivity index (χ4n) is 1.64. The summed E-state index contributed by atoms with van der Waals surface area (Å²) in [6, 6.07) is 8.61. The Labute approximate surface area is 110 Å². The van der Waals surface area contributed by atoms with Crippen molar-refractivity contribution in [2.24, 2.45) is 7.05 Å². The van der Waals surface area contributed by atoms with E-state index in [0.29, 0.717) is 16.4 Å². The van der Waals surface area contributed by atoms with Gasteiger partial charge in [-0.2, -0.15) is 0 Å². The summed E-state index contributed by atoms with van der Waals surface area (Å²) in [5.41, 5.74) is 1.97. The SMILES string of the molecule is Cn1cc(Cl)cc1C(=O)Nc1ccc(CO)cc1. The van der Waals surface area contributed by atoms with Crippen molar-refractivity contribution in [1.29, 1.82) is 0 Å². The average molecular weight is 265 g/mol. The summed E-state index contributed by atoms with van der Waals surface area (Å²) < 4.78 is 1.67. The number of nitrogens with zero attached hydrogens (tertiary/aromatic N) is 1. The van der Waals surface area contributed by atoms with Gasteiger partial charge < -0.3 is 15.0 Å². The number of aryl methyl sites for hydroxylation is 1. The molecule has 5 heteroatoms. The van der Waals surface area contributed by atoms with E-state index in [1.54, 1.807) is 48.1 Å². The molecule has 0 saturated heterocycles. The summed E-state index contributed by atoms with van der Waals surface area (Å²) in [6.07, 6.45) is 1.67. The Balaban J connectivity index is 2.13. The second-order valence-corrected chi connectivity index (χ2v) is 4.40. The Morgan fingerprint density at radius 2 is 2.06 bits per heavy atom. The lowest BCUT2D eigenvalue weighted by molar-refractivity contribution is 0.101. The number of halogens is 1. The first-order chi connectivity index (χ1) is 8.60. The number of carbonyl (C=O) groups is 1. The Kier molecular flexibility index (Phi) is 3.69. The molecule has 2 N–H and O–H groups in total. The highest BCUT2D eigenvalue weighted by atomic mass is 35.5. The molecule has 0 atom stereocenters. The molecule has 0 fully saturated rings. The number of aromatic nitrogens is 1. The van der Waals surface area contributed by atoms with Gasteiger partial charge in [0, 0.05) is 18.9 Å². The molecule has 0 aliphatic rings. The molecule has 1 aromatic heterocycles. The van der Waals surface area contributed by atoms with Crippen LogP contribution in [0.3, 0.4) is 0 Å². The Bertz CT molecular complexity index is 561. The number of rotatable bonds is 3. The van der Waals surface area contributed by atoms with Gasteiger partial charge in [-0.15, -0.1) is 0 Å². The van der Waals surface area contributed by atoms with Crippen molar-refractivity contribution < 1.29 is 9.90 Å². The standard InChI is InChI=1S/C13H13ClN2O2/c1-16-7-10(14)6-12(16)13(18)15-11-4-2-9(8-17)3-5-11/h2-7,17H,8H2,1H3,(H,15,18). The van der Waals surface area contributed by atoms with Crippen LogP contribution in [0.15, 0.2) is 36.5 Å². The molecule has 1 aromatic carbocycles. The van der Waals surface area contributed by atoms with Crippen molar-refractivity contribution >= 4 is 23.2 Å². The van der Waals surface area contributed by atoms with Gasteiger partial charge in [0.25, 0.3) is 5.91 Å². The van der Waals surface area contributed by atoms with E-state index in [2.05, 4.69) is 5.32 Å². The third kappa shape index (κ3) is 2.72. The first kappa shape index (κ1) is 12.7. The lowest BCUT2D eigenvalue weighted by atomic mass is 10.2. The van der Waals surface area contributed by atoms with Crippen LogP contribution in [0.4, 0.5) is 5.69 Å². The number of aliphatic hydroxyl groups is 1. The van der Waals surface area contributed by atoms with Crippen LogP contribution in [-0.4, -0.2) is 15.6 Å². The Morgan fingerprint density at radius 3 is 2.56 bits per heavy atom. The fourth-order valence-corrected chi connectivity index (χ4v) is 1.89. The largest absolute Gasteiger partial charge is 0.392 e. The molecule has 4 nitrogen and oxygen atoms in total. The maximum atomic E-state index is 12.0. The number of hydrogen-bond acceptors (Lipinski definition) is 2. The Hall–Kier alpha value is -1.78. The minimum absolute atomic E-state index is 0.0123. The van der Waals surface area contributed by atoms with Crippen LogP contribution in [0.1, 0.15) is 16.1 Å². The number of nitrogens with one attached hydrogen (secondary N) is 1. The van der Waals surface area contributed by atoms with E-state index < -0.39 is 0 Å². The first-order valence-corrected chi connectivity index (χ1v) is 5.81. The quantitative estimate of drug-likeness (QED) is 0.895. The number of aliphatic hydroxyl groups excluding tert-OH is 1. The zero-order chi connectivity index (χ0) is 13.1. The lowest BCUT2D eigenvalue weighted by Gasteiger charge is -2.06. The zero-order valence-electron chi connectivity index (χ0n) is 9.85. The monoisotopic (exact) mass is 264 g/mol. The number of benzene rings is 1. The summed E-state index contributed by atoms with van der Waals surface area (Å²) >= 11 is 5.82. The van der Waals surface area contributed by atoms with Crippen molar-refractivity contribution in [3.63, 3.8) is 0 Å². The van der Waals surface area contributed by atoms with Gasteiger partial charge in [0.05, 0.1) is 11.6 Å². The van der Waals surface area contributed by atoms with Crippen LogP contribution in [-0.2, 0) is 13.7 Å². The predicted octanol–water partition coefficient (Wildman–Crippen LogP) is 2.42. The molecule has 2 aromatic rings. The summed E-state index contributed by atoms with van der Waals surface area (Å²) in [5, 5.41) is 12.2. The smallest absolute Gasteiger partial charge is 0.272 e. The zero-order valence-corrected chi connectivity index (χ0v) is 10.6. The van der Waals surface area contributed by atoms with Crippen LogP contribution in [0, 0.1) is 0 Å². The third-order valence-corrected chi connectivity index (χ3v) is 2.81. The van der Waals surface area contributed by atoms with Gasteiger partial charge in [0.2, 0.25) is 0 Å². The molecule has 0 saturated carbocycles.